The van der Waals surface area contributed by atoms with Gasteiger partial charge in [-0.1, -0.05) is 6.92 Å². The second-order valence-corrected chi connectivity index (χ2v) is 4.59. The lowest BCUT2D eigenvalue weighted by molar-refractivity contribution is 0.735. The lowest BCUT2D eigenvalue weighted by Gasteiger charge is -1.95. The third-order valence-corrected chi connectivity index (χ3v) is 3.59. The lowest BCUT2D eigenvalue weighted by atomic mass is 10.4. The molecule has 0 aromatic carbocycles. The molecule has 11 heavy (non-hydrogen) atoms. The second-order valence-electron chi connectivity index (χ2n) is 2.40. The molecule has 1 nitrogen and oxygen atoms in total. The second kappa shape index (κ2) is 4.24. The molecule has 1 aromatic rings. The Morgan fingerprint density at radius 1 is 1.64 bits per heavy atom. The number of halogens is 1. The molecule has 0 radical (unpaired) electrons. The van der Waals surface area contributed by atoms with Gasteiger partial charge in [-0.25, -0.2) is 0 Å². The Morgan fingerprint density at radius 3 is 2.82 bits per heavy atom. The number of hydrogen-bond acceptors (Lipinski definition) is 2. The molecule has 62 valence electrons. The molecule has 0 aliphatic heterocycles. The summed E-state index contributed by atoms with van der Waals surface area (Å²) in [6.45, 7) is 6.28. The van der Waals surface area contributed by atoms with Crippen LogP contribution in [-0.2, 0) is 6.54 Å². The van der Waals surface area contributed by atoms with Crippen LogP contribution in [0, 0.1) is 6.92 Å². The molecule has 1 N–H and O–H groups in total. The number of nitrogens with one attached hydrogen (secondary N) is 1. The van der Waals surface area contributed by atoms with Crippen LogP contribution in [-0.4, -0.2) is 6.54 Å². The van der Waals surface area contributed by atoms with Gasteiger partial charge in [-0.05, 0) is 35.5 Å². The van der Waals surface area contributed by atoms with Crippen LogP contribution in [0.1, 0.15) is 16.7 Å². The van der Waals surface area contributed by atoms with Crippen molar-refractivity contribution in [3.63, 3.8) is 0 Å². The van der Waals surface area contributed by atoms with E-state index in [-0.39, 0.29) is 0 Å². The molecule has 0 saturated carbocycles. The standard InChI is InChI=1S/C8H12BrNS/c1-3-10-5-7-4-8(9)6(2)11-7/h4,10H,3,5H2,1-2H3. The fraction of sp³-hybridized carbons (Fsp3) is 0.500. The molecule has 0 unspecified atom stereocenters. The minimum Gasteiger partial charge on any atom is -0.312 e. The van der Waals surface area contributed by atoms with E-state index < -0.39 is 0 Å². The van der Waals surface area contributed by atoms with Gasteiger partial charge in [0.25, 0.3) is 0 Å². The van der Waals surface area contributed by atoms with Crippen molar-refractivity contribution < 1.29 is 0 Å². The van der Waals surface area contributed by atoms with E-state index >= 15 is 0 Å². The molecule has 0 fully saturated rings. The monoisotopic (exact) mass is 233 g/mol. The summed E-state index contributed by atoms with van der Waals surface area (Å²) in [6.07, 6.45) is 0. The zero-order valence-corrected chi connectivity index (χ0v) is 9.18. The summed E-state index contributed by atoms with van der Waals surface area (Å²) in [5.74, 6) is 0. The summed E-state index contributed by atoms with van der Waals surface area (Å²) in [6, 6.07) is 2.18. The van der Waals surface area contributed by atoms with Crippen molar-refractivity contribution >= 4 is 27.3 Å². The first-order valence-electron chi connectivity index (χ1n) is 3.69. The SMILES string of the molecule is CCNCc1cc(Br)c(C)s1. The van der Waals surface area contributed by atoms with E-state index in [1.165, 1.54) is 14.2 Å². The lowest BCUT2D eigenvalue weighted by Crippen LogP contribution is -2.10. The molecule has 1 heterocycles. The van der Waals surface area contributed by atoms with Gasteiger partial charge < -0.3 is 5.32 Å². The Hall–Kier alpha value is 0.140. The van der Waals surface area contributed by atoms with Crippen LogP contribution < -0.4 is 5.32 Å². The molecule has 0 aliphatic carbocycles. The Balaban J connectivity index is 2.58. The van der Waals surface area contributed by atoms with Gasteiger partial charge in [0.1, 0.15) is 0 Å². The number of rotatable bonds is 3. The van der Waals surface area contributed by atoms with Crippen molar-refractivity contribution in [3.05, 3.63) is 20.3 Å². The van der Waals surface area contributed by atoms with Gasteiger partial charge in [-0.2, -0.15) is 0 Å². The zero-order chi connectivity index (χ0) is 8.27. The van der Waals surface area contributed by atoms with E-state index in [4.69, 9.17) is 0 Å². The summed E-state index contributed by atoms with van der Waals surface area (Å²) >= 11 is 5.34. The fourth-order valence-corrected chi connectivity index (χ4v) is 2.42. The van der Waals surface area contributed by atoms with E-state index in [1.807, 2.05) is 11.3 Å². The number of aryl methyl sites for hydroxylation is 1. The molecule has 0 spiro atoms. The highest BCUT2D eigenvalue weighted by Crippen LogP contribution is 2.25. The zero-order valence-electron chi connectivity index (χ0n) is 6.78. The highest BCUT2D eigenvalue weighted by molar-refractivity contribution is 9.10. The van der Waals surface area contributed by atoms with Crippen LogP contribution in [0.2, 0.25) is 0 Å². The Labute approximate surface area is 79.9 Å². The van der Waals surface area contributed by atoms with E-state index in [0.29, 0.717) is 0 Å². The molecule has 3 heteroatoms. The van der Waals surface area contributed by atoms with E-state index in [9.17, 15) is 0 Å². The molecule has 0 amide bonds. The first-order chi connectivity index (χ1) is 5.24. The molecule has 1 rings (SSSR count). The number of hydrogen-bond donors (Lipinski definition) is 1. The Morgan fingerprint density at radius 2 is 2.36 bits per heavy atom. The average molecular weight is 234 g/mol. The maximum atomic E-state index is 3.49. The predicted octanol–water partition coefficient (Wildman–Crippen LogP) is 2.93. The summed E-state index contributed by atoms with van der Waals surface area (Å²) in [5, 5.41) is 3.29. The van der Waals surface area contributed by atoms with Gasteiger partial charge in [0.05, 0.1) is 0 Å². The average Bonchev–Trinajstić information content (AvgIpc) is 2.28. The normalized spacial score (nSPS) is 10.5. The molecular formula is C8H12BrNS. The first-order valence-corrected chi connectivity index (χ1v) is 5.30. The van der Waals surface area contributed by atoms with Gasteiger partial charge >= 0.3 is 0 Å². The predicted molar refractivity (Wildman–Crippen MR) is 54.1 cm³/mol. The van der Waals surface area contributed by atoms with Crippen LogP contribution in [0.4, 0.5) is 0 Å². The summed E-state index contributed by atoms with van der Waals surface area (Å²) in [4.78, 5) is 2.76. The molecular weight excluding hydrogens is 222 g/mol. The minimum absolute atomic E-state index is 0.994. The highest BCUT2D eigenvalue weighted by Gasteiger charge is 2.00. The van der Waals surface area contributed by atoms with Crippen LogP contribution in [0.3, 0.4) is 0 Å². The maximum absolute atomic E-state index is 3.49. The molecule has 1 aromatic heterocycles. The Bertz CT molecular complexity index is 212. The van der Waals surface area contributed by atoms with Gasteiger partial charge in [0.2, 0.25) is 0 Å². The van der Waals surface area contributed by atoms with Crippen molar-refractivity contribution in [1.82, 2.24) is 5.32 Å². The van der Waals surface area contributed by atoms with Gasteiger partial charge in [-0.3, -0.25) is 0 Å². The van der Waals surface area contributed by atoms with E-state index in [1.54, 1.807) is 0 Å². The molecule has 0 aliphatic rings. The largest absolute Gasteiger partial charge is 0.312 e. The van der Waals surface area contributed by atoms with Crippen molar-refractivity contribution in [2.24, 2.45) is 0 Å². The van der Waals surface area contributed by atoms with Gasteiger partial charge in [-0.15, -0.1) is 11.3 Å². The van der Waals surface area contributed by atoms with Crippen molar-refractivity contribution in [2.75, 3.05) is 6.54 Å². The summed E-state index contributed by atoms with van der Waals surface area (Å²) < 4.78 is 1.23. The van der Waals surface area contributed by atoms with E-state index in [2.05, 4.69) is 41.2 Å². The highest BCUT2D eigenvalue weighted by atomic mass is 79.9. The van der Waals surface area contributed by atoms with Crippen molar-refractivity contribution in [3.8, 4) is 0 Å². The fourth-order valence-electron chi connectivity index (χ4n) is 0.853. The third kappa shape index (κ3) is 2.58. The van der Waals surface area contributed by atoms with Crippen LogP contribution in [0.25, 0.3) is 0 Å². The molecule has 0 bridgehead atoms. The summed E-state index contributed by atoms with van der Waals surface area (Å²) in [7, 11) is 0. The molecule has 0 saturated heterocycles. The van der Waals surface area contributed by atoms with Gasteiger partial charge in [0, 0.05) is 20.8 Å². The summed E-state index contributed by atoms with van der Waals surface area (Å²) in [5.41, 5.74) is 0. The maximum Gasteiger partial charge on any atom is 0.0314 e. The molecule has 0 atom stereocenters. The minimum atomic E-state index is 0.994. The number of thiophene rings is 1. The topological polar surface area (TPSA) is 12.0 Å². The quantitative estimate of drug-likeness (QED) is 0.847. The van der Waals surface area contributed by atoms with Gasteiger partial charge in [0.15, 0.2) is 0 Å². The van der Waals surface area contributed by atoms with Crippen LogP contribution in [0.5, 0.6) is 0 Å². The first kappa shape index (κ1) is 9.23. The Kier molecular flexibility index (Phi) is 3.55. The van der Waals surface area contributed by atoms with Crippen LogP contribution >= 0.6 is 27.3 Å². The van der Waals surface area contributed by atoms with Crippen molar-refractivity contribution in [2.45, 2.75) is 20.4 Å². The third-order valence-electron chi connectivity index (χ3n) is 1.46. The van der Waals surface area contributed by atoms with Crippen molar-refractivity contribution in [1.29, 1.82) is 0 Å². The smallest absolute Gasteiger partial charge is 0.0314 e. The van der Waals surface area contributed by atoms with Crippen LogP contribution in [0.15, 0.2) is 10.5 Å². The van der Waals surface area contributed by atoms with E-state index in [0.717, 1.165) is 13.1 Å².